The number of nitrogens with zero attached hydrogens (tertiary/aromatic N) is 2. The van der Waals surface area contributed by atoms with E-state index >= 15 is 0 Å². The fourth-order valence-electron chi connectivity index (χ4n) is 7.99. The van der Waals surface area contributed by atoms with Crippen LogP contribution >= 0.6 is 43.2 Å². The fourth-order valence-corrected chi connectivity index (χ4v) is 8.34. The molecule has 3 heterocycles. The van der Waals surface area contributed by atoms with Gasteiger partial charge in [-0.05, 0) is 149 Å². The molecule has 0 spiro atoms. The molecule has 456 valence electrons. The van der Waals surface area contributed by atoms with Gasteiger partial charge >= 0.3 is 76.3 Å². The van der Waals surface area contributed by atoms with Crippen molar-refractivity contribution in [2.45, 2.75) is 71.2 Å². The summed E-state index contributed by atoms with van der Waals surface area (Å²) in [5.74, 6) is -2.44. The van der Waals surface area contributed by atoms with Gasteiger partial charge in [-0.1, -0.05) is 52.3 Å². The standard InChI is InChI=1S/C22H23NO6.C18H15NO6.C12H15BrO2.C10H9NO4.2BrH.Zn/c1-22(2,3)29-21(26)15-7-5-6-14(10-15)12-23-17-11-16(20(25)27-4)8-9-18(17)28-13-19(23)24;1-24-18(23)13-5-6-15-14(8-13)19(16(20)10-25-15)9-11-3-2-4-12(7-11)17(21)22;1-12(2,3)15-11(14)10-6-4-5-9(7-10)8-13;1-14-10(13)6-2-3-8-7(4-6)11-9(12)5-15-8;;;/h5-11H,12-13H2,1-4H3;2-8H,9-10H2,1H3,(H,21,22);4-7H,8H2,1-3H3;2-4H,5H2,1H3,(H,11,12);2*1H;/q;;;;;;+2/p-2. The van der Waals surface area contributed by atoms with Crippen LogP contribution in [0.4, 0.5) is 17.1 Å². The number of hydrogen-bond donors (Lipinski definition) is 2. The molecule has 0 aromatic heterocycles. The molecule has 9 rings (SSSR count). The number of carbonyl (C=O) groups is 9. The normalized spacial score (nSPS) is 12.6. The molecular weight excluding hydrogens is 1380 g/mol. The number of carboxylic acid groups (broad SMARTS) is 1. The Morgan fingerprint density at radius 1 is 0.506 bits per heavy atom. The van der Waals surface area contributed by atoms with E-state index in [0.717, 1.165) is 16.5 Å². The third kappa shape index (κ3) is 21.1. The van der Waals surface area contributed by atoms with E-state index in [0.29, 0.717) is 67.7 Å². The number of alkyl halides is 1. The summed E-state index contributed by atoms with van der Waals surface area (Å²) in [6, 6.07) is 34.9. The van der Waals surface area contributed by atoms with Gasteiger partial charge in [0, 0.05) is 5.33 Å². The molecule has 25 heteroatoms. The Morgan fingerprint density at radius 2 is 0.862 bits per heavy atom. The van der Waals surface area contributed by atoms with Crippen molar-refractivity contribution in [3.63, 3.8) is 0 Å². The Kier molecular flexibility index (Phi) is 26.2. The predicted octanol–water partition coefficient (Wildman–Crippen LogP) is 11.5. The predicted molar refractivity (Wildman–Crippen MR) is 328 cm³/mol. The molecule has 21 nitrogen and oxygen atoms in total. The number of esters is 5. The number of anilines is 3. The molecule has 6 aromatic carbocycles. The zero-order chi connectivity index (χ0) is 64.2. The summed E-state index contributed by atoms with van der Waals surface area (Å²) in [5, 5.41) is 12.4. The number of hydrogen-bond acceptors (Lipinski definition) is 17. The van der Waals surface area contributed by atoms with Crippen molar-refractivity contribution >= 4 is 114 Å². The monoisotopic (exact) mass is 1440 g/mol. The average molecular weight is 1440 g/mol. The minimum atomic E-state index is -1.04. The maximum atomic E-state index is 12.5. The van der Waals surface area contributed by atoms with Crippen LogP contribution in [0.15, 0.2) is 127 Å². The van der Waals surface area contributed by atoms with E-state index in [4.69, 9.17) is 38.3 Å². The summed E-state index contributed by atoms with van der Waals surface area (Å²) in [4.78, 5) is 109. The molecule has 0 aliphatic carbocycles. The van der Waals surface area contributed by atoms with Crippen molar-refractivity contribution in [3.8, 4) is 17.2 Å². The molecule has 2 N–H and O–H groups in total. The average Bonchev–Trinajstić information content (AvgIpc) is 2.35. The summed E-state index contributed by atoms with van der Waals surface area (Å²) >= 11 is 9.60. The second-order valence-corrected chi connectivity index (χ2v) is 35.2. The van der Waals surface area contributed by atoms with Gasteiger partial charge in [-0.2, -0.15) is 0 Å². The van der Waals surface area contributed by atoms with Crippen LogP contribution in [0.1, 0.15) is 120 Å². The van der Waals surface area contributed by atoms with Gasteiger partial charge < -0.3 is 58.1 Å². The molecule has 6 aromatic rings. The SMILES string of the molecule is CC(C)(C)OC(=O)c1cccc(CBr)c1.COC(=O)c1ccc2c(c1)N(Cc1cccc(C(=O)O)c1)C(=O)CO2.COC(=O)c1ccc2c(c1)N(Cc1cccc(C(=O)OC(C)(C)C)c1)C(=O)CO2.COC(=O)c1ccc2c(c1)NC(=O)CO2.[Br][Zn][Br]. The van der Waals surface area contributed by atoms with E-state index in [9.17, 15) is 43.2 Å². The van der Waals surface area contributed by atoms with Crippen molar-refractivity contribution < 1.29 is 99.4 Å². The first-order chi connectivity index (χ1) is 41.2. The first-order valence-electron chi connectivity index (χ1n) is 26.3. The number of carbonyl (C=O) groups excluding carboxylic acids is 8. The molecule has 3 amide bonds. The molecule has 3 aliphatic rings. The number of nitrogens with one attached hydrogen (secondary N) is 1. The molecule has 3 aliphatic heterocycles. The van der Waals surface area contributed by atoms with E-state index in [1.54, 1.807) is 99.6 Å². The summed E-state index contributed by atoms with van der Waals surface area (Å²) in [5.41, 5.74) is 4.98. The fraction of sp³-hybridized carbons (Fsp3) is 0.274. The molecular formula is C62H62Br3N3O18Zn. The molecule has 0 unspecified atom stereocenters. The van der Waals surface area contributed by atoms with Crippen LogP contribution in [0.2, 0.25) is 0 Å². The van der Waals surface area contributed by atoms with Gasteiger partial charge in [0.25, 0.3) is 17.7 Å². The Bertz CT molecular complexity index is 3510. The quantitative estimate of drug-likeness (QED) is 0.0528. The van der Waals surface area contributed by atoms with Gasteiger partial charge in [-0.15, -0.1) is 0 Å². The molecule has 0 bridgehead atoms. The van der Waals surface area contributed by atoms with Gasteiger partial charge in [0.1, 0.15) is 28.5 Å². The molecule has 87 heavy (non-hydrogen) atoms. The number of halogens is 3. The van der Waals surface area contributed by atoms with Gasteiger partial charge in [-0.3, -0.25) is 14.4 Å². The van der Waals surface area contributed by atoms with Crippen molar-refractivity contribution in [1.29, 1.82) is 0 Å². The van der Waals surface area contributed by atoms with Gasteiger partial charge in [0.15, 0.2) is 19.8 Å². The third-order valence-electron chi connectivity index (χ3n) is 11.8. The number of ether oxygens (including phenoxy) is 8. The zero-order valence-electron chi connectivity index (χ0n) is 49.0. The number of amides is 3. The van der Waals surface area contributed by atoms with Crippen molar-refractivity contribution in [2.24, 2.45) is 0 Å². The Labute approximate surface area is 531 Å². The molecule has 0 fully saturated rings. The van der Waals surface area contributed by atoms with Crippen molar-refractivity contribution in [3.05, 3.63) is 177 Å². The van der Waals surface area contributed by atoms with Crippen LogP contribution in [0.25, 0.3) is 0 Å². The van der Waals surface area contributed by atoms with E-state index in [2.05, 4.69) is 53.2 Å². The summed E-state index contributed by atoms with van der Waals surface area (Å²) in [6.45, 7) is 11.2. The number of fused-ring (bicyclic) bond motifs is 3. The van der Waals surface area contributed by atoms with Crippen LogP contribution in [-0.2, 0) is 69.7 Å². The van der Waals surface area contributed by atoms with Gasteiger partial charge in [-0.25, -0.2) is 28.8 Å². The van der Waals surface area contributed by atoms with Gasteiger partial charge in [0.2, 0.25) is 0 Å². The molecule has 0 radical (unpaired) electrons. The van der Waals surface area contributed by atoms with Crippen LogP contribution in [-0.4, -0.2) is 111 Å². The molecule has 0 saturated carbocycles. The molecule has 0 saturated heterocycles. The first-order valence-corrected chi connectivity index (χ1v) is 41.3. The number of rotatable bonds is 11. The zero-order valence-corrected chi connectivity index (χ0v) is 56.7. The van der Waals surface area contributed by atoms with E-state index in [-0.39, 0.29) is 75.4 Å². The number of benzene rings is 6. The van der Waals surface area contributed by atoms with E-state index in [1.807, 2.05) is 45.0 Å². The number of aromatic carboxylic acids is 1. The van der Waals surface area contributed by atoms with Crippen LogP contribution < -0.4 is 29.3 Å². The number of methoxy groups -OCH3 is 3. The topological polar surface area (TPSA) is 266 Å². The second-order valence-electron chi connectivity index (χ2n) is 20.6. The van der Waals surface area contributed by atoms with Crippen LogP contribution in [0.5, 0.6) is 17.2 Å². The summed E-state index contributed by atoms with van der Waals surface area (Å²) in [7, 11) is 3.87. The summed E-state index contributed by atoms with van der Waals surface area (Å²) in [6.07, 6.45) is 0. The number of carboxylic acids is 1. The van der Waals surface area contributed by atoms with Crippen LogP contribution in [0.3, 0.4) is 0 Å². The van der Waals surface area contributed by atoms with E-state index in [1.165, 1.54) is 55.4 Å². The van der Waals surface area contributed by atoms with E-state index < -0.39 is 41.0 Å². The molecule has 0 atom stereocenters. The maximum absolute atomic E-state index is 12.5. The third-order valence-corrected chi connectivity index (χ3v) is 12.5. The second kappa shape index (κ2) is 32.7. The minimum absolute atomic E-state index is 0.00453. The summed E-state index contributed by atoms with van der Waals surface area (Å²) < 4.78 is 40.7. The Hall–Kier alpha value is -7.99. The van der Waals surface area contributed by atoms with Gasteiger partial charge in [0.05, 0.1) is 84.9 Å². The Balaban J connectivity index is 0.000000216. The van der Waals surface area contributed by atoms with Crippen LogP contribution in [0, 0.1) is 0 Å². The first kappa shape index (κ1) is 69.8. The Morgan fingerprint density at radius 3 is 1.26 bits per heavy atom. The van der Waals surface area contributed by atoms with Crippen molar-refractivity contribution in [2.75, 3.05) is 56.3 Å². The van der Waals surface area contributed by atoms with Crippen molar-refractivity contribution in [1.82, 2.24) is 0 Å².